The van der Waals surface area contributed by atoms with Crippen molar-refractivity contribution in [1.82, 2.24) is 9.36 Å². The van der Waals surface area contributed by atoms with Crippen LogP contribution in [0.3, 0.4) is 0 Å². The molecule has 168 valence electrons. The Hall–Kier alpha value is -4.01. The van der Waals surface area contributed by atoms with Gasteiger partial charge in [0.2, 0.25) is 0 Å². The van der Waals surface area contributed by atoms with E-state index in [0.717, 1.165) is 0 Å². The van der Waals surface area contributed by atoms with Gasteiger partial charge < -0.3 is 19.5 Å². The van der Waals surface area contributed by atoms with Crippen molar-refractivity contribution in [2.45, 2.75) is 20.0 Å². The molecule has 9 heteroatoms. The lowest BCUT2D eigenvalue weighted by atomic mass is 10.2. The fourth-order valence-electron chi connectivity index (χ4n) is 3.18. The predicted molar refractivity (Wildman–Crippen MR) is 119 cm³/mol. The van der Waals surface area contributed by atoms with E-state index in [2.05, 4.69) is 5.32 Å². The van der Waals surface area contributed by atoms with Gasteiger partial charge in [-0.1, -0.05) is 18.2 Å². The summed E-state index contributed by atoms with van der Waals surface area (Å²) < 4.78 is 18.7. The second-order valence-electron chi connectivity index (χ2n) is 7.04. The van der Waals surface area contributed by atoms with Gasteiger partial charge in [-0.15, -0.1) is 0 Å². The highest BCUT2D eigenvalue weighted by Crippen LogP contribution is 2.28. The zero-order chi connectivity index (χ0) is 23.4. The number of nitrogens with one attached hydrogen (secondary N) is 1. The first-order chi connectivity index (χ1) is 15.3. The van der Waals surface area contributed by atoms with Gasteiger partial charge in [0, 0.05) is 7.05 Å². The minimum atomic E-state index is -1.14. The highest BCUT2D eigenvalue weighted by molar-refractivity contribution is 5.97. The molecule has 9 nitrogen and oxygen atoms in total. The zero-order valence-corrected chi connectivity index (χ0v) is 18.5. The molecule has 0 spiro atoms. The molecule has 0 aliphatic carbocycles. The van der Waals surface area contributed by atoms with Crippen LogP contribution in [0.15, 0.2) is 53.3 Å². The summed E-state index contributed by atoms with van der Waals surface area (Å²) in [4.78, 5) is 38.1. The molecule has 0 saturated carbocycles. The Morgan fingerprint density at radius 2 is 1.66 bits per heavy atom. The standard InChI is InChI=1S/C23H25N3O6/c1-14-20(22(28)26(25(14)3)17-9-7-6-8-10-17)24-21(27)15(2)32-23(29)16-11-12-18(30-4)19(13-16)31-5/h6-13,15H,1-5H3,(H,24,27)/t15-/m1/s1. The van der Waals surface area contributed by atoms with Gasteiger partial charge in [-0.2, -0.15) is 0 Å². The van der Waals surface area contributed by atoms with E-state index in [-0.39, 0.29) is 16.8 Å². The Bertz CT molecular complexity index is 1200. The minimum absolute atomic E-state index is 0.121. The van der Waals surface area contributed by atoms with Crippen molar-refractivity contribution in [1.29, 1.82) is 0 Å². The van der Waals surface area contributed by atoms with Crippen LogP contribution >= 0.6 is 0 Å². The van der Waals surface area contributed by atoms with Crippen molar-refractivity contribution in [3.05, 3.63) is 70.1 Å². The van der Waals surface area contributed by atoms with E-state index in [1.54, 1.807) is 36.9 Å². The maximum absolute atomic E-state index is 12.9. The molecule has 0 aliphatic rings. The number of amides is 1. The third-order valence-electron chi connectivity index (χ3n) is 5.07. The maximum Gasteiger partial charge on any atom is 0.339 e. The second-order valence-corrected chi connectivity index (χ2v) is 7.04. The lowest BCUT2D eigenvalue weighted by Crippen LogP contribution is -2.32. The molecule has 32 heavy (non-hydrogen) atoms. The van der Waals surface area contributed by atoms with E-state index < -0.39 is 18.0 Å². The molecule has 0 fully saturated rings. The molecular formula is C23H25N3O6. The quantitative estimate of drug-likeness (QED) is 0.568. The van der Waals surface area contributed by atoms with Crippen LogP contribution in [0.4, 0.5) is 5.69 Å². The third kappa shape index (κ3) is 4.36. The summed E-state index contributed by atoms with van der Waals surface area (Å²) >= 11 is 0. The Labute approximate surface area is 185 Å². The molecular weight excluding hydrogens is 414 g/mol. The van der Waals surface area contributed by atoms with E-state index in [0.29, 0.717) is 22.9 Å². The van der Waals surface area contributed by atoms with E-state index in [1.165, 1.54) is 38.0 Å². The largest absolute Gasteiger partial charge is 0.493 e. The lowest BCUT2D eigenvalue weighted by molar-refractivity contribution is -0.123. The first kappa shape index (κ1) is 22.7. The molecule has 2 aromatic carbocycles. The van der Waals surface area contributed by atoms with E-state index >= 15 is 0 Å². The van der Waals surface area contributed by atoms with Crippen LogP contribution in [0.2, 0.25) is 0 Å². The van der Waals surface area contributed by atoms with E-state index in [9.17, 15) is 14.4 Å². The average Bonchev–Trinajstić information content (AvgIpc) is 3.01. The van der Waals surface area contributed by atoms with Crippen molar-refractivity contribution < 1.29 is 23.8 Å². The molecule has 0 aliphatic heterocycles. The predicted octanol–water partition coefficient (Wildman–Crippen LogP) is 2.69. The average molecular weight is 439 g/mol. The number of hydrogen-bond donors (Lipinski definition) is 1. The molecule has 3 rings (SSSR count). The molecule has 0 unspecified atom stereocenters. The minimum Gasteiger partial charge on any atom is -0.493 e. The Morgan fingerprint density at radius 3 is 2.28 bits per heavy atom. The van der Waals surface area contributed by atoms with E-state index in [1.807, 2.05) is 18.2 Å². The van der Waals surface area contributed by atoms with E-state index in [4.69, 9.17) is 14.2 Å². The van der Waals surface area contributed by atoms with Gasteiger partial charge in [-0.05, 0) is 44.2 Å². The zero-order valence-electron chi connectivity index (χ0n) is 18.5. The van der Waals surface area contributed by atoms with Gasteiger partial charge in [0.05, 0.1) is 31.2 Å². The van der Waals surface area contributed by atoms with Crippen LogP contribution in [-0.4, -0.2) is 41.6 Å². The number of benzene rings is 2. The molecule has 0 saturated heterocycles. The number of methoxy groups -OCH3 is 2. The summed E-state index contributed by atoms with van der Waals surface area (Å²) in [5.41, 5.74) is 1.16. The molecule has 1 N–H and O–H groups in total. The van der Waals surface area contributed by atoms with Gasteiger partial charge in [-0.25, -0.2) is 9.48 Å². The smallest absolute Gasteiger partial charge is 0.339 e. The fraction of sp³-hybridized carbons (Fsp3) is 0.261. The van der Waals surface area contributed by atoms with Crippen LogP contribution in [-0.2, 0) is 16.6 Å². The summed E-state index contributed by atoms with van der Waals surface area (Å²) in [5, 5.41) is 2.59. The molecule has 0 bridgehead atoms. The first-order valence-electron chi connectivity index (χ1n) is 9.86. The van der Waals surface area contributed by atoms with Crippen molar-refractivity contribution >= 4 is 17.6 Å². The summed E-state index contributed by atoms with van der Waals surface area (Å²) in [6.45, 7) is 3.15. The monoisotopic (exact) mass is 439 g/mol. The summed E-state index contributed by atoms with van der Waals surface area (Å²) in [6.07, 6.45) is -1.14. The Balaban J connectivity index is 1.77. The SMILES string of the molecule is COc1ccc(C(=O)O[C@H](C)C(=O)Nc2c(C)n(C)n(-c3ccccc3)c2=O)cc1OC. The number of carbonyl (C=O) groups is 2. The number of carbonyl (C=O) groups excluding carboxylic acids is 2. The summed E-state index contributed by atoms with van der Waals surface area (Å²) in [6, 6.07) is 13.6. The topological polar surface area (TPSA) is 101 Å². The number of anilines is 1. The summed E-state index contributed by atoms with van der Waals surface area (Å²) in [5.74, 6) is -0.505. The highest BCUT2D eigenvalue weighted by Gasteiger charge is 2.24. The molecule has 1 atom stereocenters. The van der Waals surface area contributed by atoms with Gasteiger partial charge in [-0.3, -0.25) is 14.3 Å². The number of esters is 1. The van der Waals surface area contributed by atoms with Crippen LogP contribution in [0.25, 0.3) is 5.69 Å². The second kappa shape index (κ2) is 9.42. The maximum atomic E-state index is 12.9. The molecule has 1 amide bonds. The molecule has 0 radical (unpaired) electrons. The van der Waals surface area contributed by atoms with Crippen LogP contribution in [0.1, 0.15) is 23.0 Å². The molecule has 1 heterocycles. The number of aromatic nitrogens is 2. The van der Waals surface area contributed by atoms with Crippen molar-refractivity contribution in [2.24, 2.45) is 7.05 Å². The van der Waals surface area contributed by atoms with Gasteiger partial charge in [0.15, 0.2) is 17.6 Å². The van der Waals surface area contributed by atoms with Gasteiger partial charge in [0.25, 0.3) is 11.5 Å². The molecule has 1 aromatic heterocycles. The van der Waals surface area contributed by atoms with Crippen molar-refractivity contribution in [2.75, 3.05) is 19.5 Å². The van der Waals surface area contributed by atoms with Gasteiger partial charge >= 0.3 is 5.97 Å². The highest BCUT2D eigenvalue weighted by atomic mass is 16.5. The van der Waals surface area contributed by atoms with Crippen LogP contribution < -0.4 is 20.3 Å². The Morgan fingerprint density at radius 1 is 1.00 bits per heavy atom. The number of para-hydroxylation sites is 1. The number of nitrogens with zero attached hydrogens (tertiary/aromatic N) is 2. The number of rotatable bonds is 7. The van der Waals surface area contributed by atoms with Crippen molar-refractivity contribution in [3.63, 3.8) is 0 Å². The Kier molecular flexibility index (Phi) is 6.67. The normalized spacial score (nSPS) is 11.5. The lowest BCUT2D eigenvalue weighted by Gasteiger charge is -2.14. The van der Waals surface area contributed by atoms with Crippen LogP contribution in [0, 0.1) is 6.92 Å². The third-order valence-corrected chi connectivity index (χ3v) is 5.07. The van der Waals surface area contributed by atoms with Crippen molar-refractivity contribution in [3.8, 4) is 17.2 Å². The first-order valence-corrected chi connectivity index (χ1v) is 9.86. The fourth-order valence-corrected chi connectivity index (χ4v) is 3.18. The van der Waals surface area contributed by atoms with Crippen LogP contribution in [0.5, 0.6) is 11.5 Å². The number of ether oxygens (including phenoxy) is 3. The number of hydrogen-bond acceptors (Lipinski definition) is 6. The summed E-state index contributed by atoms with van der Waals surface area (Å²) in [7, 11) is 4.66. The van der Waals surface area contributed by atoms with Gasteiger partial charge in [0.1, 0.15) is 5.69 Å². The molecule has 3 aromatic rings.